The summed E-state index contributed by atoms with van der Waals surface area (Å²) >= 11 is 0. The standard InChI is InChI=1S/C17H34O2/c1-3-5-7-9-10-12-14-18-15-17(16-19-17)13-11-8-6-4-2/h3-16H2,1-2H3. The zero-order chi connectivity index (χ0) is 13.8. The maximum atomic E-state index is 5.80. The molecule has 0 radical (unpaired) electrons. The van der Waals surface area contributed by atoms with Crippen LogP contribution in [0.4, 0.5) is 0 Å². The normalized spacial score (nSPS) is 21.8. The molecule has 2 heteroatoms. The summed E-state index contributed by atoms with van der Waals surface area (Å²) in [6, 6.07) is 0. The lowest BCUT2D eigenvalue weighted by molar-refractivity contribution is 0.0711. The lowest BCUT2D eigenvalue weighted by Gasteiger charge is -2.12. The highest BCUT2D eigenvalue weighted by Gasteiger charge is 2.44. The first-order valence-corrected chi connectivity index (χ1v) is 8.55. The van der Waals surface area contributed by atoms with E-state index in [1.807, 2.05) is 0 Å². The fraction of sp³-hybridized carbons (Fsp3) is 1.00. The van der Waals surface area contributed by atoms with Crippen molar-refractivity contribution in [3.63, 3.8) is 0 Å². The predicted molar refractivity (Wildman–Crippen MR) is 81.6 cm³/mol. The molecule has 1 atom stereocenters. The van der Waals surface area contributed by atoms with Gasteiger partial charge in [-0.1, -0.05) is 71.6 Å². The molecule has 0 amide bonds. The maximum absolute atomic E-state index is 5.80. The minimum atomic E-state index is 0.121. The Bertz CT molecular complexity index is 199. The van der Waals surface area contributed by atoms with Gasteiger partial charge in [0.2, 0.25) is 0 Å². The van der Waals surface area contributed by atoms with Crippen molar-refractivity contribution in [2.75, 3.05) is 19.8 Å². The summed E-state index contributed by atoms with van der Waals surface area (Å²) < 4.78 is 11.4. The first-order chi connectivity index (χ1) is 9.33. The Labute approximate surface area is 120 Å². The van der Waals surface area contributed by atoms with Crippen molar-refractivity contribution in [1.29, 1.82) is 0 Å². The highest BCUT2D eigenvalue weighted by atomic mass is 16.6. The van der Waals surface area contributed by atoms with E-state index >= 15 is 0 Å². The molecule has 0 aromatic heterocycles. The number of epoxide rings is 1. The molecule has 0 spiro atoms. The second kappa shape index (κ2) is 10.7. The van der Waals surface area contributed by atoms with Gasteiger partial charge in [0.15, 0.2) is 0 Å². The van der Waals surface area contributed by atoms with E-state index in [0.717, 1.165) is 19.8 Å². The Morgan fingerprint density at radius 3 is 2.05 bits per heavy atom. The minimum Gasteiger partial charge on any atom is -0.378 e. The van der Waals surface area contributed by atoms with Gasteiger partial charge < -0.3 is 9.47 Å². The van der Waals surface area contributed by atoms with E-state index in [9.17, 15) is 0 Å². The number of unbranched alkanes of at least 4 members (excludes halogenated alkanes) is 8. The Balaban J connectivity index is 1.86. The van der Waals surface area contributed by atoms with Crippen LogP contribution < -0.4 is 0 Å². The van der Waals surface area contributed by atoms with Gasteiger partial charge in [-0.25, -0.2) is 0 Å². The summed E-state index contributed by atoms with van der Waals surface area (Å²) in [5.74, 6) is 0. The van der Waals surface area contributed by atoms with Gasteiger partial charge in [0.05, 0.1) is 13.2 Å². The van der Waals surface area contributed by atoms with Crippen LogP contribution in [0.15, 0.2) is 0 Å². The molecule has 0 aromatic carbocycles. The smallest absolute Gasteiger partial charge is 0.115 e. The minimum absolute atomic E-state index is 0.121. The monoisotopic (exact) mass is 270 g/mol. The molecule has 1 heterocycles. The summed E-state index contributed by atoms with van der Waals surface area (Å²) in [6.45, 7) is 7.20. The predicted octanol–water partition coefficient (Wildman–Crippen LogP) is 5.10. The van der Waals surface area contributed by atoms with Crippen molar-refractivity contribution in [1.82, 2.24) is 0 Å². The first-order valence-electron chi connectivity index (χ1n) is 8.55. The van der Waals surface area contributed by atoms with Gasteiger partial charge in [-0.3, -0.25) is 0 Å². The van der Waals surface area contributed by atoms with Crippen LogP contribution in [0.1, 0.15) is 84.5 Å². The molecule has 1 aliphatic heterocycles. The molecule has 1 unspecified atom stereocenters. The van der Waals surface area contributed by atoms with Crippen molar-refractivity contribution in [3.8, 4) is 0 Å². The van der Waals surface area contributed by atoms with Crippen molar-refractivity contribution in [2.45, 2.75) is 90.1 Å². The molecule has 1 fully saturated rings. The van der Waals surface area contributed by atoms with E-state index in [4.69, 9.17) is 9.47 Å². The van der Waals surface area contributed by atoms with Gasteiger partial charge >= 0.3 is 0 Å². The van der Waals surface area contributed by atoms with Gasteiger partial charge in [-0.15, -0.1) is 0 Å². The van der Waals surface area contributed by atoms with Gasteiger partial charge in [0.25, 0.3) is 0 Å². The average molecular weight is 270 g/mol. The first kappa shape index (κ1) is 17.0. The van der Waals surface area contributed by atoms with Gasteiger partial charge in [0.1, 0.15) is 5.60 Å². The molecular weight excluding hydrogens is 236 g/mol. The van der Waals surface area contributed by atoms with Crippen LogP contribution in [-0.2, 0) is 9.47 Å². The second-order valence-corrected chi connectivity index (χ2v) is 6.10. The lowest BCUT2D eigenvalue weighted by Crippen LogP contribution is -2.19. The summed E-state index contributed by atoms with van der Waals surface area (Å²) in [5.41, 5.74) is 0.121. The Hall–Kier alpha value is -0.0800. The van der Waals surface area contributed by atoms with Crippen molar-refractivity contribution >= 4 is 0 Å². The summed E-state index contributed by atoms with van der Waals surface area (Å²) in [6.07, 6.45) is 14.5. The number of ether oxygens (including phenoxy) is 2. The zero-order valence-electron chi connectivity index (χ0n) is 13.2. The van der Waals surface area contributed by atoms with E-state index < -0.39 is 0 Å². The maximum Gasteiger partial charge on any atom is 0.115 e. The van der Waals surface area contributed by atoms with E-state index in [1.54, 1.807) is 0 Å². The second-order valence-electron chi connectivity index (χ2n) is 6.10. The molecule has 0 N–H and O–H groups in total. The molecule has 0 aromatic rings. The molecule has 0 saturated carbocycles. The largest absolute Gasteiger partial charge is 0.378 e. The van der Waals surface area contributed by atoms with E-state index in [-0.39, 0.29) is 5.60 Å². The highest BCUT2D eigenvalue weighted by Crippen LogP contribution is 2.33. The fourth-order valence-corrected chi connectivity index (χ4v) is 2.52. The quantitative estimate of drug-likeness (QED) is 0.323. The van der Waals surface area contributed by atoms with Gasteiger partial charge in [-0.2, -0.15) is 0 Å². The Morgan fingerprint density at radius 1 is 0.842 bits per heavy atom. The molecule has 1 rings (SSSR count). The third-order valence-electron chi connectivity index (χ3n) is 4.05. The van der Waals surface area contributed by atoms with Crippen LogP contribution in [0.2, 0.25) is 0 Å². The summed E-state index contributed by atoms with van der Waals surface area (Å²) in [5, 5.41) is 0. The molecule has 1 saturated heterocycles. The van der Waals surface area contributed by atoms with Crippen LogP contribution in [0.5, 0.6) is 0 Å². The third kappa shape index (κ3) is 8.65. The molecule has 2 nitrogen and oxygen atoms in total. The van der Waals surface area contributed by atoms with Crippen LogP contribution in [0, 0.1) is 0 Å². The topological polar surface area (TPSA) is 21.8 Å². The van der Waals surface area contributed by atoms with Crippen LogP contribution in [0.25, 0.3) is 0 Å². The van der Waals surface area contributed by atoms with Crippen molar-refractivity contribution in [2.24, 2.45) is 0 Å². The Morgan fingerprint density at radius 2 is 1.42 bits per heavy atom. The summed E-state index contributed by atoms with van der Waals surface area (Å²) in [4.78, 5) is 0. The Kier molecular flexibility index (Phi) is 9.54. The SMILES string of the molecule is CCCCCCCCOCC1(CCCCCC)CO1. The molecule has 0 aliphatic carbocycles. The summed E-state index contributed by atoms with van der Waals surface area (Å²) in [7, 11) is 0. The van der Waals surface area contributed by atoms with E-state index in [1.165, 1.54) is 70.6 Å². The molecular formula is C17H34O2. The molecule has 0 bridgehead atoms. The molecule has 1 aliphatic rings. The number of hydrogen-bond donors (Lipinski definition) is 0. The van der Waals surface area contributed by atoms with Crippen LogP contribution in [0.3, 0.4) is 0 Å². The van der Waals surface area contributed by atoms with Crippen LogP contribution >= 0.6 is 0 Å². The average Bonchev–Trinajstić information content (AvgIpc) is 3.18. The highest BCUT2D eigenvalue weighted by molar-refractivity contribution is 4.91. The van der Waals surface area contributed by atoms with Crippen molar-refractivity contribution < 1.29 is 9.47 Å². The molecule has 114 valence electrons. The number of rotatable bonds is 14. The van der Waals surface area contributed by atoms with Crippen molar-refractivity contribution in [3.05, 3.63) is 0 Å². The van der Waals surface area contributed by atoms with E-state index in [0.29, 0.717) is 0 Å². The fourth-order valence-electron chi connectivity index (χ4n) is 2.52. The van der Waals surface area contributed by atoms with Gasteiger partial charge in [-0.05, 0) is 12.8 Å². The third-order valence-corrected chi connectivity index (χ3v) is 4.05. The van der Waals surface area contributed by atoms with Gasteiger partial charge in [0, 0.05) is 6.61 Å². The van der Waals surface area contributed by atoms with E-state index in [2.05, 4.69) is 13.8 Å². The zero-order valence-corrected chi connectivity index (χ0v) is 13.2. The molecule has 19 heavy (non-hydrogen) atoms. The number of hydrogen-bond acceptors (Lipinski definition) is 2. The lowest BCUT2D eigenvalue weighted by atomic mass is 10.0. The van der Waals surface area contributed by atoms with Crippen LogP contribution in [-0.4, -0.2) is 25.4 Å².